The van der Waals surface area contributed by atoms with Crippen LogP contribution in [0.25, 0.3) is 23.3 Å². The van der Waals surface area contributed by atoms with E-state index >= 15 is 0 Å². The standard InChI is InChI=1S/C17H19N3O2.C16H19N3.2CH4/c1-3-20(17(21)22-2)15-7-6-12-4-5-13(16(12)9-15)8-14-10-18-11-19-14;1-3-17-14-7-6-12-4-5-13(16(12)9-14)8-15-10-19(2)11-18-15;;/h6-11H,3-5H2,1-2H3,(H,18,19);6-11,17H,3-5H2,1-2H3;2*1H4/b2*13-8+;;. The zero-order valence-corrected chi connectivity index (χ0v) is 24.3. The van der Waals surface area contributed by atoms with Gasteiger partial charge in [0.25, 0.3) is 0 Å². The van der Waals surface area contributed by atoms with E-state index in [-0.39, 0.29) is 20.9 Å². The molecule has 8 heteroatoms. The van der Waals surface area contributed by atoms with Gasteiger partial charge in [-0.05, 0) is 109 Å². The number of H-pyrrole nitrogens is 1. The van der Waals surface area contributed by atoms with E-state index in [0.717, 1.165) is 49.3 Å². The average molecular weight is 583 g/mol. The molecule has 0 atom stereocenters. The molecule has 0 unspecified atom stereocenters. The van der Waals surface area contributed by atoms with Crippen molar-refractivity contribution in [2.24, 2.45) is 7.05 Å². The third-order valence-corrected chi connectivity index (χ3v) is 7.52. The van der Waals surface area contributed by atoms with Gasteiger partial charge in [-0.2, -0.15) is 0 Å². The van der Waals surface area contributed by atoms with Crippen LogP contribution < -0.4 is 10.2 Å². The SMILES string of the molecule is C.C.CCN(C(=O)OC)c1ccc2c(c1)/C(=C/c1cnc[nH]1)CC2.CCNc1ccc2c(c1)/C(=C/c1cn(C)cn1)CC2. The van der Waals surface area contributed by atoms with Gasteiger partial charge < -0.3 is 19.6 Å². The van der Waals surface area contributed by atoms with Gasteiger partial charge in [0.15, 0.2) is 0 Å². The first-order valence-electron chi connectivity index (χ1n) is 14.2. The Morgan fingerprint density at radius 3 is 2.33 bits per heavy atom. The highest BCUT2D eigenvalue weighted by atomic mass is 16.5. The zero-order chi connectivity index (χ0) is 28.8. The molecule has 1 amide bonds. The molecule has 228 valence electrons. The number of methoxy groups -OCH3 is 1. The fraction of sp³-hybridized carbons (Fsp3) is 0.343. The molecule has 2 aliphatic carbocycles. The summed E-state index contributed by atoms with van der Waals surface area (Å²) in [6.07, 6.45) is 15.7. The summed E-state index contributed by atoms with van der Waals surface area (Å²) in [4.78, 5) is 25.0. The Balaban J connectivity index is 0.000000227. The van der Waals surface area contributed by atoms with Gasteiger partial charge in [0.2, 0.25) is 0 Å². The molecule has 2 aromatic heterocycles. The molecule has 6 rings (SSSR count). The molecule has 43 heavy (non-hydrogen) atoms. The Morgan fingerprint density at radius 2 is 1.72 bits per heavy atom. The van der Waals surface area contributed by atoms with Crippen molar-refractivity contribution in [3.8, 4) is 0 Å². The summed E-state index contributed by atoms with van der Waals surface area (Å²) in [5, 5.41) is 3.38. The number of fused-ring (bicyclic) bond motifs is 2. The van der Waals surface area contributed by atoms with E-state index in [9.17, 15) is 4.79 Å². The lowest BCUT2D eigenvalue weighted by atomic mass is 10.1. The number of hydrogen-bond donors (Lipinski definition) is 2. The van der Waals surface area contributed by atoms with E-state index in [0.29, 0.717) is 6.54 Å². The van der Waals surface area contributed by atoms with Crippen LogP contribution in [0.3, 0.4) is 0 Å². The second-order valence-corrected chi connectivity index (χ2v) is 10.3. The maximum atomic E-state index is 11.9. The van der Waals surface area contributed by atoms with Gasteiger partial charge in [0.1, 0.15) is 0 Å². The highest BCUT2D eigenvalue weighted by molar-refractivity contribution is 5.91. The lowest BCUT2D eigenvalue weighted by Crippen LogP contribution is -2.30. The average Bonchev–Trinajstić information content (AvgIpc) is 3.80. The lowest BCUT2D eigenvalue weighted by Gasteiger charge is -2.20. The number of amides is 1. The number of aromatic nitrogens is 4. The summed E-state index contributed by atoms with van der Waals surface area (Å²) in [6.45, 7) is 5.59. The van der Waals surface area contributed by atoms with Crippen LogP contribution in [0.4, 0.5) is 16.2 Å². The minimum Gasteiger partial charge on any atom is -0.452 e. The Bertz CT molecular complexity index is 1560. The Morgan fingerprint density at radius 1 is 1.02 bits per heavy atom. The lowest BCUT2D eigenvalue weighted by molar-refractivity contribution is 0.179. The smallest absolute Gasteiger partial charge is 0.413 e. The predicted molar refractivity (Wildman–Crippen MR) is 180 cm³/mol. The summed E-state index contributed by atoms with van der Waals surface area (Å²) in [5.41, 5.74) is 12.1. The van der Waals surface area contributed by atoms with Gasteiger partial charge in [0.05, 0.1) is 37.3 Å². The summed E-state index contributed by atoms with van der Waals surface area (Å²) in [6, 6.07) is 12.8. The molecular formula is C35H46N6O2. The fourth-order valence-electron chi connectivity index (χ4n) is 5.51. The fourth-order valence-corrected chi connectivity index (χ4v) is 5.51. The van der Waals surface area contributed by atoms with Gasteiger partial charge in [-0.1, -0.05) is 27.0 Å². The van der Waals surface area contributed by atoms with Gasteiger partial charge in [0, 0.05) is 37.7 Å². The molecule has 0 spiro atoms. The van der Waals surface area contributed by atoms with Crippen molar-refractivity contribution in [2.45, 2.75) is 54.4 Å². The highest BCUT2D eigenvalue weighted by Crippen LogP contribution is 2.37. The highest BCUT2D eigenvalue weighted by Gasteiger charge is 2.21. The maximum Gasteiger partial charge on any atom is 0.413 e. The van der Waals surface area contributed by atoms with Crippen LogP contribution >= 0.6 is 0 Å². The molecule has 2 aliphatic rings. The second kappa shape index (κ2) is 15.0. The third-order valence-electron chi connectivity index (χ3n) is 7.52. The number of imidazole rings is 2. The van der Waals surface area contributed by atoms with Crippen LogP contribution in [-0.2, 0) is 24.6 Å². The molecule has 0 radical (unpaired) electrons. The minimum absolute atomic E-state index is 0. The van der Waals surface area contributed by atoms with Gasteiger partial charge in [-0.3, -0.25) is 4.90 Å². The molecule has 0 bridgehead atoms. The van der Waals surface area contributed by atoms with Gasteiger partial charge in [-0.25, -0.2) is 14.8 Å². The molecule has 4 aromatic rings. The van der Waals surface area contributed by atoms with E-state index in [2.05, 4.69) is 75.9 Å². The predicted octanol–water partition coefficient (Wildman–Crippen LogP) is 8.10. The molecule has 2 N–H and O–H groups in total. The number of nitrogens with zero attached hydrogens (tertiary/aromatic N) is 4. The number of nitrogens with one attached hydrogen (secondary N) is 2. The van der Waals surface area contributed by atoms with Crippen molar-refractivity contribution in [1.29, 1.82) is 0 Å². The number of carbonyl (C=O) groups excluding carboxylic acids is 1. The van der Waals surface area contributed by atoms with Crippen LogP contribution in [-0.4, -0.2) is 45.8 Å². The van der Waals surface area contributed by atoms with Crippen molar-refractivity contribution >= 4 is 40.8 Å². The summed E-state index contributed by atoms with van der Waals surface area (Å²) in [7, 11) is 3.41. The molecule has 0 saturated heterocycles. The van der Waals surface area contributed by atoms with Crippen molar-refractivity contribution in [3.05, 3.63) is 95.1 Å². The number of carbonyl (C=O) groups is 1. The van der Waals surface area contributed by atoms with E-state index in [1.165, 1.54) is 46.2 Å². The van der Waals surface area contributed by atoms with Crippen molar-refractivity contribution < 1.29 is 9.53 Å². The summed E-state index contributed by atoms with van der Waals surface area (Å²) >= 11 is 0. The normalized spacial score (nSPS) is 14.6. The Hall–Kier alpha value is -4.59. The van der Waals surface area contributed by atoms with Crippen LogP contribution in [0.1, 0.15) is 75.2 Å². The molecule has 0 saturated carbocycles. The number of hydrogen-bond acceptors (Lipinski definition) is 5. The van der Waals surface area contributed by atoms with Crippen LogP contribution in [0, 0.1) is 0 Å². The van der Waals surface area contributed by atoms with Crippen LogP contribution in [0.5, 0.6) is 0 Å². The third kappa shape index (κ3) is 7.63. The van der Waals surface area contributed by atoms with E-state index in [4.69, 9.17) is 4.74 Å². The first-order valence-corrected chi connectivity index (χ1v) is 14.2. The largest absolute Gasteiger partial charge is 0.452 e. The maximum absolute atomic E-state index is 11.9. The minimum atomic E-state index is -0.334. The number of anilines is 2. The number of aromatic amines is 1. The summed E-state index contributed by atoms with van der Waals surface area (Å²) in [5.74, 6) is 0. The molecule has 0 fully saturated rings. The Labute approximate surface area is 256 Å². The molecule has 8 nitrogen and oxygen atoms in total. The van der Waals surface area contributed by atoms with Gasteiger partial charge >= 0.3 is 6.09 Å². The van der Waals surface area contributed by atoms with E-state index in [1.54, 1.807) is 11.2 Å². The van der Waals surface area contributed by atoms with Crippen molar-refractivity contribution in [1.82, 2.24) is 19.5 Å². The number of rotatable bonds is 6. The van der Waals surface area contributed by atoms with E-state index in [1.807, 2.05) is 37.1 Å². The molecule has 2 heterocycles. The van der Waals surface area contributed by atoms with Crippen LogP contribution in [0.2, 0.25) is 0 Å². The van der Waals surface area contributed by atoms with Crippen LogP contribution in [0.15, 0.2) is 61.4 Å². The van der Waals surface area contributed by atoms with E-state index < -0.39 is 0 Å². The number of allylic oxidation sites excluding steroid dienone is 2. The number of aryl methyl sites for hydroxylation is 3. The zero-order valence-electron chi connectivity index (χ0n) is 24.3. The Kier molecular flexibility index (Phi) is 11.5. The van der Waals surface area contributed by atoms with Crippen molar-refractivity contribution in [3.63, 3.8) is 0 Å². The quantitative estimate of drug-likeness (QED) is 0.240. The monoisotopic (exact) mass is 582 g/mol. The summed E-state index contributed by atoms with van der Waals surface area (Å²) < 4.78 is 6.83. The van der Waals surface area contributed by atoms with Crippen molar-refractivity contribution in [2.75, 3.05) is 30.4 Å². The molecule has 0 aliphatic heterocycles. The molecular weight excluding hydrogens is 536 g/mol. The second-order valence-electron chi connectivity index (χ2n) is 10.3. The first kappa shape index (κ1) is 32.9. The van der Waals surface area contributed by atoms with Gasteiger partial charge in [-0.15, -0.1) is 0 Å². The number of ether oxygens (including phenoxy) is 1. The first-order chi connectivity index (χ1) is 20.0. The topological polar surface area (TPSA) is 88.1 Å². The molecule has 2 aromatic carbocycles. The number of benzene rings is 2.